The van der Waals surface area contributed by atoms with E-state index >= 15 is 0 Å². The number of hydrogen-bond acceptors (Lipinski definition) is 5. The Bertz CT molecular complexity index is 583. The van der Waals surface area contributed by atoms with Gasteiger partial charge in [-0.2, -0.15) is 5.10 Å². The van der Waals surface area contributed by atoms with Crippen LogP contribution in [0.5, 0.6) is 0 Å². The maximum Gasteiger partial charge on any atom is 0.244 e. The number of aliphatic hydroxyl groups is 1. The van der Waals surface area contributed by atoms with Gasteiger partial charge >= 0.3 is 0 Å². The fourth-order valence-corrected chi connectivity index (χ4v) is 3.75. The highest BCUT2D eigenvalue weighted by molar-refractivity contribution is 5.76. The van der Waals surface area contributed by atoms with Crippen molar-refractivity contribution in [3.05, 3.63) is 18.5 Å². The van der Waals surface area contributed by atoms with Gasteiger partial charge in [0.25, 0.3) is 0 Å². The van der Waals surface area contributed by atoms with E-state index in [9.17, 15) is 14.7 Å². The standard InChI is InChI=1S/C17H27N5O3/c1-14(23)19-9-11-20(12-10-19)15-3-7-21(8-4-16(15)24)17(25)13-22-6-2-5-18-22/h2,5-6,15-16,24H,3-4,7-13H2,1H3/t15-,16-/m0/s1. The van der Waals surface area contributed by atoms with Crippen LogP contribution in [0.3, 0.4) is 0 Å². The number of hydrogen-bond donors (Lipinski definition) is 1. The first-order chi connectivity index (χ1) is 12.0. The first kappa shape index (κ1) is 17.9. The minimum absolute atomic E-state index is 0.0398. The van der Waals surface area contributed by atoms with Crippen molar-refractivity contribution in [2.75, 3.05) is 39.3 Å². The Labute approximate surface area is 148 Å². The SMILES string of the molecule is CC(=O)N1CCN([C@H]2CCN(C(=O)Cn3cccn3)CC[C@@H]2O)CC1. The van der Waals surface area contributed by atoms with Crippen LogP contribution in [0.15, 0.2) is 18.5 Å². The van der Waals surface area contributed by atoms with Crippen LogP contribution < -0.4 is 0 Å². The molecule has 2 atom stereocenters. The van der Waals surface area contributed by atoms with E-state index in [1.807, 2.05) is 9.80 Å². The monoisotopic (exact) mass is 349 g/mol. The van der Waals surface area contributed by atoms with Crippen LogP contribution in [0.1, 0.15) is 19.8 Å². The number of piperazine rings is 1. The lowest BCUT2D eigenvalue weighted by Crippen LogP contribution is -2.54. The van der Waals surface area contributed by atoms with Crippen molar-refractivity contribution >= 4 is 11.8 Å². The molecule has 0 radical (unpaired) electrons. The summed E-state index contributed by atoms with van der Waals surface area (Å²) < 4.78 is 1.63. The molecule has 2 aliphatic heterocycles. The number of carbonyl (C=O) groups excluding carboxylic acids is 2. The average molecular weight is 349 g/mol. The largest absolute Gasteiger partial charge is 0.391 e. The summed E-state index contributed by atoms with van der Waals surface area (Å²) in [5.41, 5.74) is 0. The van der Waals surface area contributed by atoms with Crippen LogP contribution >= 0.6 is 0 Å². The van der Waals surface area contributed by atoms with Gasteiger partial charge in [-0.15, -0.1) is 0 Å². The molecule has 1 N–H and O–H groups in total. The summed E-state index contributed by atoms with van der Waals surface area (Å²) in [5, 5.41) is 14.6. The summed E-state index contributed by atoms with van der Waals surface area (Å²) in [6, 6.07) is 1.85. The first-order valence-corrected chi connectivity index (χ1v) is 8.97. The molecule has 0 saturated carbocycles. The molecule has 3 heterocycles. The number of rotatable bonds is 3. The van der Waals surface area contributed by atoms with Crippen molar-refractivity contribution in [3.63, 3.8) is 0 Å². The molecule has 1 aromatic rings. The van der Waals surface area contributed by atoms with Crippen LogP contribution in [0.4, 0.5) is 0 Å². The summed E-state index contributed by atoms with van der Waals surface area (Å²) in [5.74, 6) is 0.148. The quantitative estimate of drug-likeness (QED) is 0.788. The Balaban J connectivity index is 1.54. The fraction of sp³-hybridized carbons (Fsp3) is 0.706. The highest BCUT2D eigenvalue weighted by atomic mass is 16.3. The lowest BCUT2D eigenvalue weighted by molar-refractivity contribution is -0.132. The summed E-state index contributed by atoms with van der Waals surface area (Å²) in [4.78, 5) is 29.9. The van der Waals surface area contributed by atoms with Gasteiger partial charge in [-0.1, -0.05) is 0 Å². The van der Waals surface area contributed by atoms with Gasteiger partial charge in [0.1, 0.15) is 6.54 Å². The van der Waals surface area contributed by atoms with Crippen LogP contribution in [-0.2, 0) is 16.1 Å². The highest BCUT2D eigenvalue weighted by Crippen LogP contribution is 2.19. The number of likely N-dealkylation sites (tertiary alicyclic amines) is 1. The average Bonchev–Trinajstić information content (AvgIpc) is 3.02. The number of carbonyl (C=O) groups is 2. The molecular weight excluding hydrogens is 322 g/mol. The lowest BCUT2D eigenvalue weighted by Gasteiger charge is -2.40. The molecule has 0 spiro atoms. The van der Waals surface area contributed by atoms with E-state index in [2.05, 4.69) is 10.00 Å². The lowest BCUT2D eigenvalue weighted by atomic mass is 10.0. The molecule has 138 valence electrons. The van der Waals surface area contributed by atoms with Crippen molar-refractivity contribution < 1.29 is 14.7 Å². The zero-order valence-corrected chi connectivity index (χ0v) is 14.8. The van der Waals surface area contributed by atoms with E-state index in [4.69, 9.17) is 0 Å². The predicted molar refractivity (Wildman–Crippen MR) is 91.7 cm³/mol. The topological polar surface area (TPSA) is 81.9 Å². The van der Waals surface area contributed by atoms with Crippen molar-refractivity contribution in [2.24, 2.45) is 0 Å². The minimum atomic E-state index is -0.439. The summed E-state index contributed by atoms with van der Waals surface area (Å²) in [6.07, 6.45) is 4.35. The molecule has 25 heavy (non-hydrogen) atoms. The molecule has 8 nitrogen and oxygen atoms in total. The van der Waals surface area contributed by atoms with E-state index in [0.29, 0.717) is 32.6 Å². The van der Waals surface area contributed by atoms with Crippen LogP contribution in [0, 0.1) is 0 Å². The molecule has 2 aliphatic rings. The maximum atomic E-state index is 12.5. The van der Waals surface area contributed by atoms with E-state index in [0.717, 1.165) is 19.5 Å². The van der Waals surface area contributed by atoms with Crippen LogP contribution in [0.2, 0.25) is 0 Å². The normalized spacial score (nSPS) is 25.7. The van der Waals surface area contributed by atoms with E-state index in [1.165, 1.54) is 0 Å². The second-order valence-corrected chi connectivity index (χ2v) is 6.84. The smallest absolute Gasteiger partial charge is 0.244 e. The first-order valence-electron chi connectivity index (χ1n) is 8.97. The van der Waals surface area contributed by atoms with Crippen molar-refractivity contribution in [1.82, 2.24) is 24.5 Å². The van der Waals surface area contributed by atoms with Crippen molar-refractivity contribution in [2.45, 2.75) is 38.5 Å². The van der Waals surface area contributed by atoms with Gasteiger partial charge in [0.2, 0.25) is 11.8 Å². The van der Waals surface area contributed by atoms with Crippen LogP contribution in [0.25, 0.3) is 0 Å². The van der Waals surface area contributed by atoms with Gasteiger partial charge in [-0.3, -0.25) is 19.2 Å². The second-order valence-electron chi connectivity index (χ2n) is 6.84. The van der Waals surface area contributed by atoms with Crippen LogP contribution in [-0.4, -0.2) is 92.8 Å². The Morgan fingerprint density at radius 1 is 1.08 bits per heavy atom. The Morgan fingerprint density at radius 3 is 2.44 bits per heavy atom. The minimum Gasteiger partial charge on any atom is -0.391 e. The molecule has 8 heteroatoms. The van der Waals surface area contributed by atoms with Gasteiger partial charge in [0.05, 0.1) is 6.10 Å². The molecule has 0 unspecified atom stereocenters. The summed E-state index contributed by atoms with van der Waals surface area (Å²) >= 11 is 0. The van der Waals surface area contributed by atoms with Gasteiger partial charge in [0, 0.05) is 64.6 Å². The zero-order chi connectivity index (χ0) is 17.8. The third kappa shape index (κ3) is 4.38. The Morgan fingerprint density at radius 2 is 1.80 bits per heavy atom. The third-order valence-electron chi connectivity index (χ3n) is 5.27. The number of nitrogens with zero attached hydrogens (tertiary/aromatic N) is 5. The van der Waals surface area contributed by atoms with E-state index in [1.54, 1.807) is 30.1 Å². The number of aromatic nitrogens is 2. The molecule has 0 bridgehead atoms. The molecule has 0 aromatic carbocycles. The molecule has 2 amide bonds. The summed E-state index contributed by atoms with van der Waals surface area (Å²) in [6.45, 7) is 6.04. The van der Waals surface area contributed by atoms with E-state index in [-0.39, 0.29) is 24.4 Å². The third-order valence-corrected chi connectivity index (χ3v) is 5.27. The molecule has 1 aromatic heterocycles. The van der Waals surface area contributed by atoms with Crippen molar-refractivity contribution in [1.29, 1.82) is 0 Å². The Hall–Kier alpha value is -1.93. The Kier molecular flexibility index (Phi) is 5.70. The maximum absolute atomic E-state index is 12.5. The number of aliphatic hydroxyl groups excluding tert-OH is 1. The molecule has 3 rings (SSSR count). The molecule has 2 saturated heterocycles. The molecule has 0 aliphatic carbocycles. The molecule has 2 fully saturated rings. The fourth-order valence-electron chi connectivity index (χ4n) is 3.75. The summed E-state index contributed by atoms with van der Waals surface area (Å²) in [7, 11) is 0. The molecular formula is C17H27N5O3. The van der Waals surface area contributed by atoms with Crippen molar-refractivity contribution in [3.8, 4) is 0 Å². The second kappa shape index (κ2) is 7.97. The van der Waals surface area contributed by atoms with Gasteiger partial charge < -0.3 is 14.9 Å². The van der Waals surface area contributed by atoms with E-state index < -0.39 is 6.10 Å². The zero-order valence-electron chi connectivity index (χ0n) is 14.8. The van der Waals surface area contributed by atoms with Gasteiger partial charge in [0.15, 0.2) is 0 Å². The predicted octanol–water partition coefficient (Wildman–Crippen LogP) is -0.601. The van der Waals surface area contributed by atoms with Gasteiger partial charge in [-0.05, 0) is 18.9 Å². The highest BCUT2D eigenvalue weighted by Gasteiger charge is 2.33. The van der Waals surface area contributed by atoms with Gasteiger partial charge in [-0.25, -0.2) is 0 Å². The number of amides is 2.